The zero-order chi connectivity index (χ0) is 20.9. The van der Waals surface area contributed by atoms with Crippen LogP contribution in [-0.4, -0.2) is 38.3 Å². The van der Waals surface area contributed by atoms with Gasteiger partial charge in [0.2, 0.25) is 10.0 Å². The first-order valence-corrected chi connectivity index (χ1v) is 11.4. The summed E-state index contributed by atoms with van der Waals surface area (Å²) in [6.07, 6.45) is 1.77. The molecular formula is C22H28N2O4S. The van der Waals surface area contributed by atoms with Crippen molar-refractivity contribution < 1.29 is 17.9 Å². The molecule has 1 aliphatic rings. The van der Waals surface area contributed by atoms with Crippen LogP contribution in [0.3, 0.4) is 0 Å². The molecule has 0 bridgehead atoms. The third-order valence-electron chi connectivity index (χ3n) is 5.25. The van der Waals surface area contributed by atoms with E-state index in [4.69, 9.17) is 4.74 Å². The van der Waals surface area contributed by atoms with E-state index < -0.39 is 10.0 Å². The first-order valence-electron chi connectivity index (χ1n) is 9.93. The molecule has 0 spiro atoms. The molecule has 1 amide bonds. The summed E-state index contributed by atoms with van der Waals surface area (Å²) in [6, 6.07) is 15.8. The van der Waals surface area contributed by atoms with E-state index >= 15 is 0 Å². The maximum absolute atomic E-state index is 12.7. The maximum atomic E-state index is 12.7. The highest BCUT2D eigenvalue weighted by Crippen LogP contribution is 2.24. The van der Waals surface area contributed by atoms with Crippen molar-refractivity contribution >= 4 is 15.9 Å². The van der Waals surface area contributed by atoms with Crippen LogP contribution in [0.5, 0.6) is 5.75 Å². The van der Waals surface area contributed by atoms with Gasteiger partial charge in [0.1, 0.15) is 5.75 Å². The molecule has 1 fully saturated rings. The van der Waals surface area contributed by atoms with E-state index in [1.54, 1.807) is 16.4 Å². The summed E-state index contributed by atoms with van der Waals surface area (Å²) < 4.78 is 32.6. The van der Waals surface area contributed by atoms with E-state index in [0.29, 0.717) is 24.8 Å². The molecule has 2 aromatic carbocycles. The standard InChI is InChI=1S/C22H28N2O4S/c1-17-12-14-24(15-13-17)29(26,27)21-10-8-20(9-11-21)28-16-22(25)23-18(2)19-6-4-3-5-7-19/h3-11,17-18H,12-16H2,1-2H3,(H,23,25)/t18-/m1/s1. The van der Waals surface area contributed by atoms with Gasteiger partial charge in [0, 0.05) is 13.1 Å². The monoisotopic (exact) mass is 416 g/mol. The molecule has 2 aromatic rings. The minimum absolute atomic E-state index is 0.118. The molecule has 0 unspecified atom stereocenters. The van der Waals surface area contributed by atoms with Crippen molar-refractivity contribution in [1.82, 2.24) is 9.62 Å². The Morgan fingerprint density at radius 1 is 1.10 bits per heavy atom. The van der Waals surface area contributed by atoms with E-state index in [1.165, 1.54) is 12.1 Å². The number of nitrogens with zero attached hydrogens (tertiary/aromatic N) is 1. The number of sulfonamides is 1. The number of piperidine rings is 1. The van der Waals surface area contributed by atoms with Gasteiger partial charge < -0.3 is 10.1 Å². The van der Waals surface area contributed by atoms with Crippen molar-refractivity contribution in [1.29, 1.82) is 0 Å². The third kappa shape index (κ3) is 5.58. The average Bonchev–Trinajstić information content (AvgIpc) is 2.73. The van der Waals surface area contributed by atoms with Gasteiger partial charge in [0.05, 0.1) is 10.9 Å². The van der Waals surface area contributed by atoms with Gasteiger partial charge in [-0.1, -0.05) is 37.3 Å². The molecule has 0 aliphatic carbocycles. The second kappa shape index (κ2) is 9.41. The lowest BCUT2D eigenvalue weighted by Crippen LogP contribution is -2.37. The number of nitrogens with one attached hydrogen (secondary N) is 1. The Morgan fingerprint density at radius 2 is 1.72 bits per heavy atom. The predicted molar refractivity (Wildman–Crippen MR) is 112 cm³/mol. The van der Waals surface area contributed by atoms with Gasteiger partial charge in [0.25, 0.3) is 5.91 Å². The van der Waals surface area contributed by atoms with E-state index in [1.807, 2.05) is 37.3 Å². The predicted octanol–water partition coefficient (Wildman–Crippen LogP) is 3.36. The first kappa shape index (κ1) is 21.3. The summed E-state index contributed by atoms with van der Waals surface area (Å²) >= 11 is 0. The number of carbonyl (C=O) groups is 1. The van der Waals surface area contributed by atoms with Gasteiger partial charge in [-0.25, -0.2) is 8.42 Å². The van der Waals surface area contributed by atoms with Crippen molar-refractivity contribution in [2.45, 2.75) is 37.6 Å². The summed E-state index contributed by atoms with van der Waals surface area (Å²) in [5.41, 5.74) is 1.02. The molecule has 156 valence electrons. The minimum atomic E-state index is -3.48. The molecule has 7 heteroatoms. The Bertz CT molecular complexity index is 906. The number of hydrogen-bond donors (Lipinski definition) is 1. The van der Waals surface area contributed by atoms with Crippen LogP contribution in [0.1, 0.15) is 38.3 Å². The largest absolute Gasteiger partial charge is 0.484 e. The molecule has 1 aliphatic heterocycles. The van der Waals surface area contributed by atoms with Crippen molar-refractivity contribution in [3.05, 3.63) is 60.2 Å². The van der Waals surface area contributed by atoms with Crippen LogP contribution >= 0.6 is 0 Å². The minimum Gasteiger partial charge on any atom is -0.484 e. The Kier molecular flexibility index (Phi) is 6.92. The SMILES string of the molecule is CC1CCN(S(=O)(=O)c2ccc(OCC(=O)N[C@H](C)c3ccccc3)cc2)CC1. The van der Waals surface area contributed by atoms with Gasteiger partial charge in [-0.2, -0.15) is 4.31 Å². The van der Waals surface area contributed by atoms with Crippen molar-refractivity contribution in [2.75, 3.05) is 19.7 Å². The van der Waals surface area contributed by atoms with Gasteiger partial charge in [-0.3, -0.25) is 4.79 Å². The highest BCUT2D eigenvalue weighted by molar-refractivity contribution is 7.89. The van der Waals surface area contributed by atoms with Crippen LogP contribution in [0.4, 0.5) is 0 Å². The van der Waals surface area contributed by atoms with Gasteiger partial charge in [-0.15, -0.1) is 0 Å². The quantitative estimate of drug-likeness (QED) is 0.751. The maximum Gasteiger partial charge on any atom is 0.258 e. The fraction of sp³-hybridized carbons (Fsp3) is 0.409. The highest BCUT2D eigenvalue weighted by Gasteiger charge is 2.27. The van der Waals surface area contributed by atoms with Crippen LogP contribution in [-0.2, 0) is 14.8 Å². The smallest absolute Gasteiger partial charge is 0.258 e. The normalized spacial score (nSPS) is 16.9. The number of benzene rings is 2. The first-order chi connectivity index (χ1) is 13.9. The molecule has 6 nitrogen and oxygen atoms in total. The van der Waals surface area contributed by atoms with E-state index in [-0.39, 0.29) is 23.5 Å². The molecule has 1 atom stereocenters. The lowest BCUT2D eigenvalue weighted by molar-refractivity contribution is -0.123. The molecule has 3 rings (SSSR count). The fourth-order valence-corrected chi connectivity index (χ4v) is 4.81. The Morgan fingerprint density at radius 3 is 2.34 bits per heavy atom. The summed E-state index contributed by atoms with van der Waals surface area (Å²) in [5.74, 6) is 0.784. The molecule has 0 saturated carbocycles. The number of rotatable bonds is 7. The van der Waals surface area contributed by atoms with E-state index in [2.05, 4.69) is 12.2 Å². The molecule has 1 heterocycles. The second-order valence-electron chi connectivity index (χ2n) is 7.55. The van der Waals surface area contributed by atoms with Crippen LogP contribution in [0.2, 0.25) is 0 Å². The molecular weight excluding hydrogens is 388 g/mol. The van der Waals surface area contributed by atoms with Crippen LogP contribution < -0.4 is 10.1 Å². The summed E-state index contributed by atoms with van der Waals surface area (Å²) in [5, 5.41) is 2.88. The molecule has 29 heavy (non-hydrogen) atoms. The highest BCUT2D eigenvalue weighted by atomic mass is 32.2. The van der Waals surface area contributed by atoms with E-state index in [9.17, 15) is 13.2 Å². The van der Waals surface area contributed by atoms with Crippen molar-refractivity contribution in [3.63, 3.8) is 0 Å². The second-order valence-corrected chi connectivity index (χ2v) is 9.48. The number of ether oxygens (including phenoxy) is 1. The van der Waals surface area contributed by atoms with E-state index in [0.717, 1.165) is 18.4 Å². The Labute approximate surface area is 172 Å². The number of hydrogen-bond acceptors (Lipinski definition) is 4. The Balaban J connectivity index is 1.53. The zero-order valence-electron chi connectivity index (χ0n) is 16.9. The van der Waals surface area contributed by atoms with Crippen molar-refractivity contribution in [3.8, 4) is 5.75 Å². The number of carbonyl (C=O) groups excluding carboxylic acids is 1. The number of amides is 1. The lowest BCUT2D eigenvalue weighted by Gasteiger charge is -2.29. The topological polar surface area (TPSA) is 75.7 Å². The van der Waals surface area contributed by atoms with Crippen molar-refractivity contribution in [2.24, 2.45) is 5.92 Å². The summed E-state index contributed by atoms with van der Waals surface area (Å²) in [6.45, 7) is 5.04. The van der Waals surface area contributed by atoms with Gasteiger partial charge in [-0.05, 0) is 55.5 Å². The van der Waals surface area contributed by atoms with Crippen LogP contribution in [0, 0.1) is 5.92 Å². The fourth-order valence-electron chi connectivity index (χ4n) is 3.34. The summed E-state index contributed by atoms with van der Waals surface area (Å²) in [7, 11) is -3.48. The lowest BCUT2D eigenvalue weighted by atomic mass is 10.0. The molecule has 1 saturated heterocycles. The van der Waals surface area contributed by atoms with Crippen LogP contribution in [0.15, 0.2) is 59.5 Å². The zero-order valence-corrected chi connectivity index (χ0v) is 17.7. The van der Waals surface area contributed by atoms with Crippen LogP contribution in [0.25, 0.3) is 0 Å². The molecule has 0 aromatic heterocycles. The third-order valence-corrected chi connectivity index (χ3v) is 7.16. The molecule has 1 N–H and O–H groups in total. The Hall–Kier alpha value is -2.38. The van der Waals surface area contributed by atoms with Gasteiger partial charge in [0.15, 0.2) is 6.61 Å². The van der Waals surface area contributed by atoms with Gasteiger partial charge >= 0.3 is 0 Å². The molecule has 0 radical (unpaired) electrons. The summed E-state index contributed by atoms with van der Waals surface area (Å²) in [4.78, 5) is 12.4. The average molecular weight is 417 g/mol.